The third-order valence-electron chi connectivity index (χ3n) is 3.65. The Labute approximate surface area is 150 Å². The summed E-state index contributed by atoms with van der Waals surface area (Å²) >= 11 is 1.59. The molecule has 0 aliphatic carbocycles. The Morgan fingerprint density at radius 3 is 2.76 bits per heavy atom. The first-order valence-corrected chi connectivity index (χ1v) is 8.87. The van der Waals surface area contributed by atoms with Crippen LogP contribution >= 0.6 is 11.8 Å². The van der Waals surface area contributed by atoms with Crippen LogP contribution in [0.3, 0.4) is 0 Å². The van der Waals surface area contributed by atoms with Gasteiger partial charge in [-0.1, -0.05) is 25.1 Å². The molecule has 0 atom stereocenters. The van der Waals surface area contributed by atoms with Crippen LogP contribution in [0.25, 0.3) is 10.8 Å². The molecule has 2 heterocycles. The lowest BCUT2D eigenvalue weighted by atomic mass is 10.1. The molecule has 0 bridgehead atoms. The molecule has 2 aromatic heterocycles. The summed E-state index contributed by atoms with van der Waals surface area (Å²) in [4.78, 5) is 22.2. The summed E-state index contributed by atoms with van der Waals surface area (Å²) in [6, 6.07) is 9.48. The number of benzene rings is 1. The maximum absolute atomic E-state index is 12.0. The van der Waals surface area contributed by atoms with Gasteiger partial charge in [-0.05, 0) is 36.8 Å². The molecule has 25 heavy (non-hydrogen) atoms. The van der Waals surface area contributed by atoms with Crippen molar-refractivity contribution in [2.75, 3.05) is 6.61 Å². The predicted molar refractivity (Wildman–Crippen MR) is 97.0 cm³/mol. The van der Waals surface area contributed by atoms with Crippen molar-refractivity contribution in [1.29, 1.82) is 0 Å². The average molecular weight is 354 g/mol. The van der Waals surface area contributed by atoms with E-state index in [1.807, 2.05) is 31.2 Å². The predicted octanol–water partition coefficient (Wildman–Crippen LogP) is 4.44. The van der Waals surface area contributed by atoms with Gasteiger partial charge in [0.2, 0.25) is 0 Å². The van der Waals surface area contributed by atoms with Gasteiger partial charge < -0.3 is 9.84 Å². The highest BCUT2D eigenvalue weighted by Crippen LogP contribution is 2.33. The zero-order valence-electron chi connectivity index (χ0n) is 13.8. The van der Waals surface area contributed by atoms with Crippen LogP contribution in [-0.4, -0.2) is 27.7 Å². The van der Waals surface area contributed by atoms with Crippen molar-refractivity contribution in [1.82, 2.24) is 9.97 Å². The van der Waals surface area contributed by atoms with Gasteiger partial charge in [-0.3, -0.25) is 4.98 Å². The fourth-order valence-electron chi connectivity index (χ4n) is 2.32. The lowest BCUT2D eigenvalue weighted by molar-refractivity contribution is 0.0489. The Balaban J connectivity index is 1.85. The maximum atomic E-state index is 12.0. The molecule has 0 saturated carbocycles. The van der Waals surface area contributed by atoms with Crippen LogP contribution in [0.2, 0.25) is 0 Å². The first-order chi connectivity index (χ1) is 12.2. The Morgan fingerprint density at radius 1 is 1.20 bits per heavy atom. The molecular formula is C19H18N2O3S. The van der Waals surface area contributed by atoms with E-state index in [4.69, 9.17) is 4.74 Å². The van der Waals surface area contributed by atoms with Crippen LogP contribution in [0.4, 0.5) is 0 Å². The zero-order chi connectivity index (χ0) is 17.6. The first kappa shape index (κ1) is 17.2. The smallest absolute Gasteiger partial charge is 0.360 e. The number of ether oxygens (including phenoxy) is 1. The quantitative estimate of drug-likeness (QED) is 0.521. The number of nitrogens with zero attached hydrogens (tertiary/aromatic N) is 2. The lowest BCUT2D eigenvalue weighted by Gasteiger charge is -2.09. The molecule has 1 aromatic carbocycles. The fraction of sp³-hybridized carbons (Fsp3) is 0.211. The average Bonchev–Trinajstić information content (AvgIpc) is 2.63. The van der Waals surface area contributed by atoms with Gasteiger partial charge >= 0.3 is 5.97 Å². The molecule has 1 N–H and O–H groups in total. The van der Waals surface area contributed by atoms with E-state index in [0.717, 1.165) is 28.0 Å². The minimum absolute atomic E-state index is 0.0434. The number of rotatable bonds is 6. The van der Waals surface area contributed by atoms with Gasteiger partial charge in [0.05, 0.1) is 6.61 Å². The molecule has 0 spiro atoms. The highest BCUT2D eigenvalue weighted by molar-refractivity contribution is 7.99. The van der Waals surface area contributed by atoms with E-state index in [1.54, 1.807) is 36.4 Å². The van der Waals surface area contributed by atoms with Crippen LogP contribution < -0.4 is 0 Å². The molecule has 128 valence electrons. The van der Waals surface area contributed by atoms with E-state index in [-0.39, 0.29) is 11.4 Å². The molecule has 5 nitrogen and oxygen atoms in total. The van der Waals surface area contributed by atoms with Gasteiger partial charge in [0.1, 0.15) is 0 Å². The summed E-state index contributed by atoms with van der Waals surface area (Å²) in [5.41, 5.74) is -0.0434. The van der Waals surface area contributed by atoms with E-state index in [0.29, 0.717) is 12.0 Å². The third kappa shape index (κ3) is 4.09. The van der Waals surface area contributed by atoms with Gasteiger partial charge in [0.15, 0.2) is 11.4 Å². The molecule has 3 aromatic rings. The Morgan fingerprint density at radius 2 is 2.00 bits per heavy atom. The summed E-state index contributed by atoms with van der Waals surface area (Å²) in [6.07, 6.45) is 6.79. The monoisotopic (exact) mass is 354 g/mol. The number of hydrogen-bond donors (Lipinski definition) is 1. The number of carbonyl (C=O) groups excluding carboxylic acids is 1. The van der Waals surface area contributed by atoms with Gasteiger partial charge in [-0.15, -0.1) is 0 Å². The zero-order valence-corrected chi connectivity index (χ0v) is 14.6. The molecule has 0 aliphatic rings. The van der Waals surface area contributed by atoms with Crippen molar-refractivity contribution in [3.63, 3.8) is 0 Å². The number of pyridine rings is 2. The minimum Gasteiger partial charge on any atom is -0.505 e. The summed E-state index contributed by atoms with van der Waals surface area (Å²) < 4.78 is 5.13. The van der Waals surface area contributed by atoms with Gasteiger partial charge in [0, 0.05) is 39.2 Å². The number of carbonyl (C=O) groups is 1. The maximum Gasteiger partial charge on any atom is 0.360 e. The van der Waals surface area contributed by atoms with Gasteiger partial charge in [-0.25, -0.2) is 9.78 Å². The molecule has 0 saturated heterocycles. The SMILES string of the molecule is CCCCOC(=O)c1ncc2cc(Sc3ccncc3)ccc2c1O. The highest BCUT2D eigenvalue weighted by atomic mass is 32.2. The highest BCUT2D eigenvalue weighted by Gasteiger charge is 2.17. The second kappa shape index (κ2) is 7.98. The molecule has 0 amide bonds. The van der Waals surface area contributed by atoms with Crippen molar-refractivity contribution >= 4 is 28.5 Å². The van der Waals surface area contributed by atoms with Crippen LogP contribution in [0.1, 0.15) is 30.3 Å². The molecule has 6 heteroatoms. The van der Waals surface area contributed by atoms with E-state index < -0.39 is 5.97 Å². The van der Waals surface area contributed by atoms with E-state index in [2.05, 4.69) is 9.97 Å². The number of hydrogen-bond acceptors (Lipinski definition) is 6. The first-order valence-electron chi connectivity index (χ1n) is 8.05. The lowest BCUT2D eigenvalue weighted by Crippen LogP contribution is -2.08. The van der Waals surface area contributed by atoms with Gasteiger partial charge in [-0.2, -0.15) is 0 Å². The second-order valence-corrected chi connectivity index (χ2v) is 6.63. The van der Waals surface area contributed by atoms with Crippen molar-refractivity contribution in [3.05, 3.63) is 54.6 Å². The van der Waals surface area contributed by atoms with Crippen LogP contribution in [0.5, 0.6) is 5.75 Å². The standard InChI is InChI=1S/C19H18N2O3S/c1-2-3-10-24-19(23)17-18(22)16-5-4-15(11-13(16)12-21-17)25-14-6-8-20-9-7-14/h4-9,11-12,22H,2-3,10H2,1H3. The molecule has 0 fully saturated rings. The molecule has 0 aliphatic heterocycles. The van der Waals surface area contributed by atoms with E-state index >= 15 is 0 Å². The Hall–Kier alpha value is -2.60. The van der Waals surface area contributed by atoms with E-state index in [9.17, 15) is 9.90 Å². The normalized spacial score (nSPS) is 10.8. The minimum atomic E-state index is -0.594. The number of fused-ring (bicyclic) bond motifs is 1. The largest absolute Gasteiger partial charge is 0.505 e. The van der Waals surface area contributed by atoms with Crippen LogP contribution in [0.15, 0.2) is 58.7 Å². The molecule has 0 unspecified atom stereocenters. The molecular weight excluding hydrogens is 336 g/mol. The summed E-state index contributed by atoms with van der Waals surface area (Å²) in [5, 5.41) is 11.7. The molecule has 3 rings (SSSR count). The fourth-order valence-corrected chi connectivity index (χ4v) is 3.17. The summed E-state index contributed by atoms with van der Waals surface area (Å²) in [5.74, 6) is -0.734. The van der Waals surface area contributed by atoms with Crippen LogP contribution in [0, 0.1) is 0 Å². The van der Waals surface area contributed by atoms with Gasteiger partial charge in [0.25, 0.3) is 0 Å². The number of esters is 1. The van der Waals surface area contributed by atoms with Crippen molar-refractivity contribution < 1.29 is 14.6 Å². The number of aromatic nitrogens is 2. The number of aromatic hydroxyl groups is 1. The Kier molecular flexibility index (Phi) is 5.50. The summed E-state index contributed by atoms with van der Waals surface area (Å²) in [6.45, 7) is 2.34. The third-order valence-corrected chi connectivity index (χ3v) is 4.64. The van der Waals surface area contributed by atoms with Crippen molar-refractivity contribution in [3.8, 4) is 5.75 Å². The Bertz CT molecular complexity index is 884. The summed E-state index contributed by atoms with van der Waals surface area (Å²) in [7, 11) is 0. The van der Waals surface area contributed by atoms with Crippen molar-refractivity contribution in [2.45, 2.75) is 29.6 Å². The topological polar surface area (TPSA) is 72.3 Å². The van der Waals surface area contributed by atoms with Crippen molar-refractivity contribution in [2.24, 2.45) is 0 Å². The number of unbranched alkanes of at least 4 members (excludes halogenated alkanes) is 1. The van der Waals surface area contributed by atoms with E-state index in [1.165, 1.54) is 0 Å². The van der Waals surface area contributed by atoms with Crippen LogP contribution in [-0.2, 0) is 4.74 Å². The molecule has 0 radical (unpaired) electrons. The second-order valence-electron chi connectivity index (χ2n) is 5.48.